The summed E-state index contributed by atoms with van der Waals surface area (Å²) in [5.74, 6) is 0.264. The number of allylic oxidation sites excluding steroid dienone is 1. The van der Waals surface area contributed by atoms with E-state index in [2.05, 4.69) is 25.6 Å². The molecule has 0 saturated carbocycles. The second-order valence-electron chi connectivity index (χ2n) is 6.35. The summed E-state index contributed by atoms with van der Waals surface area (Å²) < 4.78 is 6.12. The molecule has 1 amide bonds. The van der Waals surface area contributed by atoms with Crippen LogP contribution in [0, 0.1) is 0 Å². The number of carbonyl (C=O) groups is 1. The van der Waals surface area contributed by atoms with Gasteiger partial charge in [0.2, 0.25) is 5.91 Å². The highest BCUT2D eigenvalue weighted by molar-refractivity contribution is 5.76. The van der Waals surface area contributed by atoms with Crippen molar-refractivity contribution in [2.24, 2.45) is 0 Å². The number of nitrogens with zero attached hydrogens (tertiary/aromatic N) is 2. The molecule has 0 radical (unpaired) electrons. The monoisotopic (exact) mass is 280 g/mol. The molecule has 0 bridgehead atoms. The van der Waals surface area contributed by atoms with Gasteiger partial charge in [0, 0.05) is 32.2 Å². The molecular formula is C16H28N2O2. The van der Waals surface area contributed by atoms with E-state index in [-0.39, 0.29) is 11.5 Å². The zero-order valence-corrected chi connectivity index (χ0v) is 12.9. The third kappa shape index (κ3) is 3.61. The Morgan fingerprint density at radius 2 is 2.15 bits per heavy atom. The van der Waals surface area contributed by atoms with Gasteiger partial charge in [-0.3, -0.25) is 4.79 Å². The van der Waals surface area contributed by atoms with Gasteiger partial charge in [-0.2, -0.15) is 0 Å². The van der Waals surface area contributed by atoms with Crippen LogP contribution in [-0.2, 0) is 9.53 Å². The van der Waals surface area contributed by atoms with Crippen molar-refractivity contribution in [3.05, 3.63) is 12.7 Å². The van der Waals surface area contributed by atoms with E-state index in [9.17, 15) is 4.79 Å². The molecule has 2 aliphatic heterocycles. The first-order valence-corrected chi connectivity index (χ1v) is 7.75. The summed E-state index contributed by atoms with van der Waals surface area (Å²) in [7, 11) is 4.30. The van der Waals surface area contributed by atoms with E-state index in [0.717, 1.165) is 51.8 Å². The fourth-order valence-electron chi connectivity index (χ4n) is 3.34. The van der Waals surface area contributed by atoms with E-state index < -0.39 is 0 Å². The van der Waals surface area contributed by atoms with Crippen molar-refractivity contribution in [3.8, 4) is 0 Å². The molecule has 1 atom stereocenters. The number of hydrogen-bond donors (Lipinski definition) is 0. The number of likely N-dealkylation sites (tertiary alicyclic amines) is 1. The Morgan fingerprint density at radius 3 is 2.75 bits per heavy atom. The van der Waals surface area contributed by atoms with E-state index in [0.29, 0.717) is 12.5 Å². The standard InChI is InChI=1S/C16H28N2O2/c1-4-5-6-15(19)18-10-8-16(9-11-18)13-14(17(2)3)7-12-20-16/h4,14H,1,5-13H2,2-3H3. The normalized spacial score (nSPS) is 25.9. The second kappa shape index (κ2) is 6.72. The molecule has 4 heteroatoms. The van der Waals surface area contributed by atoms with Gasteiger partial charge in [0.25, 0.3) is 0 Å². The number of carbonyl (C=O) groups excluding carboxylic acids is 1. The first-order chi connectivity index (χ1) is 9.56. The highest BCUT2D eigenvalue weighted by Gasteiger charge is 2.41. The number of amides is 1. The average molecular weight is 280 g/mol. The minimum absolute atomic E-state index is 0.0163. The molecule has 20 heavy (non-hydrogen) atoms. The average Bonchev–Trinajstić information content (AvgIpc) is 2.45. The van der Waals surface area contributed by atoms with E-state index >= 15 is 0 Å². The molecule has 0 N–H and O–H groups in total. The van der Waals surface area contributed by atoms with E-state index in [1.54, 1.807) is 0 Å². The molecule has 2 heterocycles. The van der Waals surface area contributed by atoms with Crippen LogP contribution in [0.1, 0.15) is 38.5 Å². The molecule has 4 nitrogen and oxygen atoms in total. The molecule has 2 rings (SSSR count). The Hall–Kier alpha value is -0.870. The van der Waals surface area contributed by atoms with Gasteiger partial charge in [-0.05, 0) is 46.2 Å². The summed E-state index contributed by atoms with van der Waals surface area (Å²) in [6.45, 7) is 6.22. The lowest BCUT2D eigenvalue weighted by atomic mass is 9.82. The van der Waals surface area contributed by atoms with Crippen LogP contribution in [0.5, 0.6) is 0 Å². The van der Waals surface area contributed by atoms with E-state index in [4.69, 9.17) is 4.74 Å². The summed E-state index contributed by atoms with van der Waals surface area (Å²) in [6.07, 6.45) is 7.38. The van der Waals surface area contributed by atoms with Gasteiger partial charge in [-0.15, -0.1) is 6.58 Å². The zero-order chi connectivity index (χ0) is 14.6. The lowest BCUT2D eigenvalue weighted by Crippen LogP contribution is -2.53. The smallest absolute Gasteiger partial charge is 0.222 e. The number of rotatable bonds is 4. The highest BCUT2D eigenvalue weighted by atomic mass is 16.5. The Labute approximate surface area is 122 Å². The number of ether oxygens (including phenoxy) is 1. The summed E-state index contributed by atoms with van der Waals surface area (Å²) in [5, 5.41) is 0. The van der Waals surface area contributed by atoms with Crippen LogP contribution in [0.4, 0.5) is 0 Å². The molecule has 0 aromatic carbocycles. The molecule has 2 aliphatic rings. The molecule has 0 aliphatic carbocycles. The molecule has 2 fully saturated rings. The van der Waals surface area contributed by atoms with Gasteiger partial charge in [0.1, 0.15) is 0 Å². The summed E-state index contributed by atoms with van der Waals surface area (Å²) in [4.78, 5) is 16.3. The van der Waals surface area contributed by atoms with Crippen LogP contribution in [-0.4, -0.2) is 61.1 Å². The highest BCUT2D eigenvalue weighted by Crippen LogP contribution is 2.36. The summed E-state index contributed by atoms with van der Waals surface area (Å²) >= 11 is 0. The lowest BCUT2D eigenvalue weighted by molar-refractivity contribution is -0.147. The Balaban J connectivity index is 1.86. The summed E-state index contributed by atoms with van der Waals surface area (Å²) in [5.41, 5.74) is 0.0163. The molecule has 2 saturated heterocycles. The second-order valence-corrected chi connectivity index (χ2v) is 6.35. The van der Waals surface area contributed by atoms with Crippen molar-refractivity contribution < 1.29 is 9.53 Å². The predicted octanol–water partition coefficient (Wildman–Crippen LogP) is 2.05. The van der Waals surface area contributed by atoms with Gasteiger partial charge in [0.15, 0.2) is 0 Å². The third-order valence-corrected chi connectivity index (χ3v) is 4.79. The molecule has 0 aromatic rings. The van der Waals surface area contributed by atoms with Crippen LogP contribution in [0.3, 0.4) is 0 Å². The van der Waals surface area contributed by atoms with E-state index in [1.165, 1.54) is 0 Å². The predicted molar refractivity (Wildman–Crippen MR) is 80.6 cm³/mol. The van der Waals surface area contributed by atoms with Crippen LogP contribution >= 0.6 is 0 Å². The molecule has 114 valence electrons. The maximum atomic E-state index is 12.0. The molecule has 1 spiro atoms. The first-order valence-electron chi connectivity index (χ1n) is 7.75. The Morgan fingerprint density at radius 1 is 1.45 bits per heavy atom. The van der Waals surface area contributed by atoms with Gasteiger partial charge in [-0.1, -0.05) is 6.08 Å². The number of piperidine rings is 1. The molecule has 1 unspecified atom stereocenters. The quantitative estimate of drug-likeness (QED) is 0.739. The Kier molecular flexibility index (Phi) is 5.22. The maximum Gasteiger partial charge on any atom is 0.222 e. The minimum atomic E-state index is 0.0163. The van der Waals surface area contributed by atoms with Crippen LogP contribution in [0.15, 0.2) is 12.7 Å². The third-order valence-electron chi connectivity index (χ3n) is 4.79. The topological polar surface area (TPSA) is 32.8 Å². The molecule has 0 aromatic heterocycles. The van der Waals surface area contributed by atoms with Crippen molar-refractivity contribution in [3.63, 3.8) is 0 Å². The van der Waals surface area contributed by atoms with Crippen molar-refractivity contribution >= 4 is 5.91 Å². The van der Waals surface area contributed by atoms with Gasteiger partial charge < -0.3 is 14.5 Å². The number of hydrogen-bond acceptors (Lipinski definition) is 3. The van der Waals surface area contributed by atoms with Crippen LogP contribution in [0.25, 0.3) is 0 Å². The largest absolute Gasteiger partial charge is 0.375 e. The van der Waals surface area contributed by atoms with Crippen LogP contribution < -0.4 is 0 Å². The Bertz CT molecular complexity index is 346. The fraction of sp³-hybridized carbons (Fsp3) is 0.812. The zero-order valence-electron chi connectivity index (χ0n) is 12.9. The van der Waals surface area contributed by atoms with Crippen molar-refractivity contribution in [1.29, 1.82) is 0 Å². The maximum absolute atomic E-state index is 12.0. The first kappa shape index (κ1) is 15.5. The molecular weight excluding hydrogens is 252 g/mol. The SMILES string of the molecule is C=CCCC(=O)N1CCC2(CC1)CC(N(C)C)CCO2. The van der Waals surface area contributed by atoms with Gasteiger partial charge in [0.05, 0.1) is 5.60 Å². The van der Waals surface area contributed by atoms with Crippen LogP contribution in [0.2, 0.25) is 0 Å². The van der Waals surface area contributed by atoms with Crippen molar-refractivity contribution in [1.82, 2.24) is 9.80 Å². The van der Waals surface area contributed by atoms with Gasteiger partial charge in [-0.25, -0.2) is 0 Å². The van der Waals surface area contributed by atoms with Crippen molar-refractivity contribution in [2.45, 2.75) is 50.2 Å². The lowest BCUT2D eigenvalue weighted by Gasteiger charge is -2.47. The minimum Gasteiger partial charge on any atom is -0.375 e. The summed E-state index contributed by atoms with van der Waals surface area (Å²) in [6, 6.07) is 0.617. The van der Waals surface area contributed by atoms with E-state index in [1.807, 2.05) is 11.0 Å². The van der Waals surface area contributed by atoms with Crippen molar-refractivity contribution in [2.75, 3.05) is 33.8 Å². The van der Waals surface area contributed by atoms with Gasteiger partial charge >= 0.3 is 0 Å². The fourth-order valence-corrected chi connectivity index (χ4v) is 3.34.